The van der Waals surface area contributed by atoms with Crippen molar-refractivity contribution in [1.29, 1.82) is 0 Å². The van der Waals surface area contributed by atoms with Gasteiger partial charge >= 0.3 is 45.4 Å². The fraction of sp³-hybridized carbons (Fsp3) is 1.00. The maximum atomic E-state index is 8.12. The summed E-state index contributed by atoms with van der Waals surface area (Å²) >= 11 is 1.62. The van der Waals surface area contributed by atoms with E-state index < -0.39 is 0 Å². The average molecular weight is 148 g/mol. The summed E-state index contributed by atoms with van der Waals surface area (Å²) in [5.41, 5.74) is 0. The summed E-state index contributed by atoms with van der Waals surface area (Å²) in [4.78, 5) is 0. The van der Waals surface area contributed by atoms with E-state index in [9.17, 15) is 0 Å². The van der Waals surface area contributed by atoms with Crippen LogP contribution in [0.4, 0.5) is 0 Å². The zero-order valence-corrected chi connectivity index (χ0v) is 5.57. The van der Waals surface area contributed by atoms with Gasteiger partial charge in [0.2, 0.25) is 0 Å². The fourth-order valence-corrected chi connectivity index (χ4v) is 0.440. The molecule has 2 nitrogen and oxygen atoms in total. The second kappa shape index (κ2) is 5.46. The first-order valence-corrected chi connectivity index (χ1v) is 2.67. The van der Waals surface area contributed by atoms with E-state index in [2.05, 4.69) is 3.76 Å². The third-order valence-electron chi connectivity index (χ3n) is 0.405. The van der Waals surface area contributed by atoms with Gasteiger partial charge in [0.25, 0.3) is 0 Å². The molecular weight excluding hydrogens is 141 g/mol. The molecule has 0 amide bonds. The zero-order chi connectivity index (χ0) is 4.83. The normalized spacial score (nSPS) is 9.00. The van der Waals surface area contributed by atoms with Crippen molar-refractivity contribution in [2.24, 2.45) is 0 Å². The van der Waals surface area contributed by atoms with Crippen molar-refractivity contribution in [3.05, 3.63) is 0 Å². The van der Waals surface area contributed by atoms with E-state index in [1.54, 1.807) is 16.9 Å². The van der Waals surface area contributed by atoms with Gasteiger partial charge in [0.1, 0.15) is 0 Å². The minimum atomic E-state index is 0.230. The van der Waals surface area contributed by atoms with E-state index in [0.29, 0.717) is 6.61 Å². The first-order chi connectivity index (χ1) is 2.91. The topological polar surface area (TPSA) is 29.5 Å². The summed E-state index contributed by atoms with van der Waals surface area (Å²) in [6, 6.07) is 0. The van der Waals surface area contributed by atoms with Crippen molar-refractivity contribution < 1.29 is 8.87 Å². The molecule has 0 aliphatic heterocycles. The van der Waals surface area contributed by atoms with Crippen molar-refractivity contribution in [1.82, 2.24) is 0 Å². The molecule has 3 heteroatoms. The van der Waals surface area contributed by atoms with Gasteiger partial charge in [-0.2, -0.15) is 0 Å². The second-order valence-electron chi connectivity index (χ2n) is 0.926. The van der Waals surface area contributed by atoms with Crippen LogP contribution < -0.4 is 0 Å². The zero-order valence-electron chi connectivity index (χ0n) is 3.48. The number of rotatable bonds is 3. The Kier molecular flexibility index (Phi) is 5.88. The molecule has 35 valence electrons. The van der Waals surface area contributed by atoms with Crippen LogP contribution in [0.25, 0.3) is 0 Å². The average Bonchev–Trinajstić information content (AvgIpc) is 1.61. The summed E-state index contributed by atoms with van der Waals surface area (Å²) in [5, 5.41) is 8.12. The van der Waals surface area contributed by atoms with Crippen molar-refractivity contribution in [3.8, 4) is 0 Å². The molecule has 0 aromatic heterocycles. The molecule has 0 bridgehead atoms. The van der Waals surface area contributed by atoms with Crippen LogP contribution in [0.1, 0.15) is 6.42 Å². The molecule has 3 radical (unpaired) electrons. The Morgan fingerprint density at radius 3 is 2.50 bits per heavy atom. The van der Waals surface area contributed by atoms with Gasteiger partial charge < -0.3 is 0 Å². The van der Waals surface area contributed by atoms with Gasteiger partial charge in [0, 0.05) is 0 Å². The van der Waals surface area contributed by atoms with Crippen LogP contribution in [0.3, 0.4) is 0 Å². The van der Waals surface area contributed by atoms with Gasteiger partial charge in [-0.25, -0.2) is 0 Å². The maximum absolute atomic E-state index is 8.12. The molecule has 1 N–H and O–H groups in total. The van der Waals surface area contributed by atoms with E-state index in [0.717, 1.165) is 6.42 Å². The Morgan fingerprint density at radius 2 is 2.33 bits per heavy atom. The first kappa shape index (κ1) is 6.46. The summed E-state index contributed by atoms with van der Waals surface area (Å²) < 4.78 is 4.62. The second-order valence-corrected chi connectivity index (χ2v) is 1.53. The van der Waals surface area contributed by atoms with Crippen molar-refractivity contribution in [2.45, 2.75) is 6.42 Å². The molecule has 0 aromatic carbocycles. The molecule has 0 spiro atoms. The van der Waals surface area contributed by atoms with E-state index in [4.69, 9.17) is 5.11 Å². The molecule has 0 aliphatic rings. The molecule has 0 saturated carbocycles. The molecule has 0 atom stereocenters. The molecule has 0 fully saturated rings. The van der Waals surface area contributed by atoms with Crippen molar-refractivity contribution in [2.75, 3.05) is 13.2 Å². The first-order valence-electron chi connectivity index (χ1n) is 1.81. The van der Waals surface area contributed by atoms with Crippen LogP contribution in [0.15, 0.2) is 0 Å². The van der Waals surface area contributed by atoms with Crippen LogP contribution in [-0.4, -0.2) is 35.2 Å². The number of aliphatic hydroxyl groups excluding tert-OH is 1. The molecule has 0 aromatic rings. The van der Waals surface area contributed by atoms with Crippen LogP contribution in [0, 0.1) is 0 Å². The van der Waals surface area contributed by atoms with Gasteiger partial charge in [-0.05, 0) is 0 Å². The van der Waals surface area contributed by atoms with Gasteiger partial charge in [0.15, 0.2) is 0 Å². The number of hydrogen-bond donors (Lipinski definition) is 1. The monoisotopic (exact) mass is 149 g/mol. The molecule has 0 unspecified atom stereocenters. The van der Waals surface area contributed by atoms with Gasteiger partial charge in [-0.1, -0.05) is 0 Å². The standard InChI is InChI=1S/C3H7GeO2/c4-6-3-1-2-5/h5H,1-3H2. The van der Waals surface area contributed by atoms with E-state index >= 15 is 0 Å². The predicted molar refractivity (Wildman–Crippen MR) is 23.4 cm³/mol. The van der Waals surface area contributed by atoms with Crippen LogP contribution in [-0.2, 0) is 3.76 Å². The number of hydrogen-bond acceptors (Lipinski definition) is 2. The van der Waals surface area contributed by atoms with Gasteiger partial charge in [0.05, 0.1) is 0 Å². The molecule has 0 aliphatic carbocycles. The SMILES string of the molecule is OCCC[O][Ge]. The molecule has 0 saturated heterocycles. The Hall–Kier alpha value is 0.463. The summed E-state index contributed by atoms with van der Waals surface area (Å²) in [6.45, 7) is 0.893. The van der Waals surface area contributed by atoms with Crippen LogP contribution >= 0.6 is 0 Å². The Bertz CT molecular complexity index is 20.8. The van der Waals surface area contributed by atoms with E-state index in [1.807, 2.05) is 0 Å². The van der Waals surface area contributed by atoms with Crippen LogP contribution in [0.5, 0.6) is 0 Å². The Labute approximate surface area is 46.1 Å². The fourth-order valence-electron chi connectivity index (χ4n) is 0.137. The summed E-state index contributed by atoms with van der Waals surface area (Å²) in [6.07, 6.45) is 0.747. The number of aliphatic hydroxyl groups is 1. The minimum absolute atomic E-state index is 0.230. The third kappa shape index (κ3) is 4.46. The summed E-state index contributed by atoms with van der Waals surface area (Å²) in [7, 11) is 0. The molecular formula is C3H7GeO2. The van der Waals surface area contributed by atoms with Crippen molar-refractivity contribution in [3.63, 3.8) is 0 Å². The summed E-state index contributed by atoms with van der Waals surface area (Å²) in [5.74, 6) is 0. The van der Waals surface area contributed by atoms with Gasteiger partial charge in [-0.15, -0.1) is 0 Å². The third-order valence-corrected chi connectivity index (χ3v) is 0.833. The molecule has 0 rings (SSSR count). The van der Waals surface area contributed by atoms with E-state index in [1.165, 1.54) is 0 Å². The quantitative estimate of drug-likeness (QED) is 0.430. The van der Waals surface area contributed by atoms with Crippen molar-refractivity contribution >= 4 is 16.9 Å². The predicted octanol–water partition coefficient (Wildman–Crippen LogP) is -0.531. The molecule has 6 heavy (non-hydrogen) atoms. The Balaban J connectivity index is 2.34. The Morgan fingerprint density at radius 1 is 1.67 bits per heavy atom. The molecule has 0 heterocycles. The van der Waals surface area contributed by atoms with Crippen LogP contribution in [0.2, 0.25) is 0 Å². The van der Waals surface area contributed by atoms with E-state index in [-0.39, 0.29) is 6.61 Å². The van der Waals surface area contributed by atoms with Gasteiger partial charge in [-0.3, -0.25) is 0 Å².